The number of aliphatic hydroxyl groups is 3. The summed E-state index contributed by atoms with van der Waals surface area (Å²) >= 11 is 0. The number of aryl methyl sites for hydroxylation is 2. The van der Waals surface area contributed by atoms with E-state index in [-0.39, 0.29) is 59.4 Å². The van der Waals surface area contributed by atoms with Crippen LogP contribution in [0.1, 0.15) is 36.5 Å². The summed E-state index contributed by atoms with van der Waals surface area (Å²) in [6, 6.07) is 14.4. The van der Waals surface area contributed by atoms with Crippen LogP contribution in [0.4, 0.5) is 0 Å². The monoisotopic (exact) mass is 840 g/mol. The normalized spacial score (nSPS) is 24.3. The molecule has 1 fully saturated rings. The molecule has 7 N–H and O–H groups in total. The van der Waals surface area contributed by atoms with E-state index in [1.54, 1.807) is 25.3 Å². The average Bonchev–Trinajstić information content (AvgIpc) is 3.82. The number of hydroxylamine groups is 2. The highest BCUT2D eigenvalue weighted by Gasteiger charge is 2.63. The third-order valence-electron chi connectivity index (χ3n) is 10.8. The van der Waals surface area contributed by atoms with Crippen LogP contribution in [0.2, 0.25) is 0 Å². The van der Waals surface area contributed by atoms with Gasteiger partial charge in [-0.05, 0) is 68.3 Å². The van der Waals surface area contributed by atoms with Crippen LogP contribution in [0.3, 0.4) is 0 Å². The number of rotatable bonds is 16. The molecule has 8 atom stereocenters. The number of phenols is 1. The van der Waals surface area contributed by atoms with E-state index in [4.69, 9.17) is 23.5 Å². The minimum absolute atomic E-state index is 0.0275. The summed E-state index contributed by atoms with van der Waals surface area (Å²) in [4.78, 5) is 60.6. The minimum Gasteiger partial charge on any atom is -0.508 e. The fourth-order valence-corrected chi connectivity index (χ4v) is 7.84. The Morgan fingerprint density at radius 2 is 1.82 bits per heavy atom. The number of carboxylic acids is 1. The Balaban J connectivity index is 1.26. The van der Waals surface area contributed by atoms with Gasteiger partial charge in [0.15, 0.2) is 16.7 Å². The molecule has 3 aliphatic rings. The summed E-state index contributed by atoms with van der Waals surface area (Å²) in [5.74, 6) is -2.78. The molecule has 1 saturated heterocycles. The van der Waals surface area contributed by atoms with Gasteiger partial charge in [0, 0.05) is 36.4 Å². The molecule has 4 heterocycles. The van der Waals surface area contributed by atoms with Crippen molar-refractivity contribution in [2.75, 3.05) is 19.7 Å². The van der Waals surface area contributed by atoms with Gasteiger partial charge in [0.1, 0.15) is 60.7 Å². The first-order chi connectivity index (χ1) is 29.2. The lowest BCUT2D eigenvalue weighted by Crippen LogP contribution is -3.09. The summed E-state index contributed by atoms with van der Waals surface area (Å²) in [5, 5.41) is 58.5. The van der Waals surface area contributed by atoms with Crippen LogP contribution in [0, 0.1) is 13.8 Å². The highest BCUT2D eigenvalue weighted by Crippen LogP contribution is 2.38. The Hall–Kier alpha value is -6.05. The number of nitrogens with one attached hydrogen (secondary N) is 2. The Morgan fingerprint density at radius 3 is 2.51 bits per heavy atom. The molecule has 0 bridgehead atoms. The maximum absolute atomic E-state index is 13.6. The number of esters is 1. The number of aliphatic carboxylic acids is 1. The molecule has 8 unspecified atom stereocenters. The summed E-state index contributed by atoms with van der Waals surface area (Å²) in [7, 11) is 0. The Labute approximate surface area is 348 Å². The Kier molecular flexibility index (Phi) is 12.6. The standard InChI is InChI=1S/C44H45N3O14/c1-4-34(50)44(56)39(52)33(22-58-42(55)36(41(53)54)45-13-5-15-48)60-43(40(44)61-47-20-26-12-14-46-35(26)37(47)27-17-23(2)16-24(3)18-27)59-29-10-11-30-32(19-29)57-21-31(38(30)51)25-6-8-28(49)9-7-25/h6-12,14-19,21,33-34,36,39-40,43,45,49-50,52,56H,4-5,13,20,22H2,1-3H3,(H,53,54)/p+1. The van der Waals surface area contributed by atoms with E-state index in [9.17, 15) is 44.7 Å². The highest BCUT2D eigenvalue weighted by atomic mass is 16.8. The van der Waals surface area contributed by atoms with Crippen molar-refractivity contribution in [2.45, 2.75) is 76.0 Å². The second kappa shape index (κ2) is 17.9. The molecule has 1 aromatic heterocycles. The van der Waals surface area contributed by atoms with E-state index < -0.39 is 60.9 Å². The van der Waals surface area contributed by atoms with E-state index in [2.05, 4.69) is 10.3 Å². The molecule has 3 aromatic carbocycles. The van der Waals surface area contributed by atoms with Crippen molar-refractivity contribution in [2.24, 2.45) is 4.99 Å². The van der Waals surface area contributed by atoms with Crippen LogP contribution in [-0.2, 0) is 28.7 Å². The zero-order valence-corrected chi connectivity index (χ0v) is 33.4. The first-order valence-corrected chi connectivity index (χ1v) is 19.6. The molecule has 0 amide bonds. The summed E-state index contributed by atoms with van der Waals surface area (Å²) < 4.78 is 23.8. The number of carbonyl (C=O) groups excluding carboxylic acids is 2. The summed E-state index contributed by atoms with van der Waals surface area (Å²) in [5.41, 5.74) is 2.70. The molecule has 0 aliphatic carbocycles. The third kappa shape index (κ3) is 8.62. The molecule has 61 heavy (non-hydrogen) atoms. The number of nitrogens with zero attached hydrogens (tertiary/aromatic N) is 1. The third-order valence-corrected chi connectivity index (χ3v) is 10.8. The van der Waals surface area contributed by atoms with Crippen LogP contribution in [0.25, 0.3) is 27.8 Å². The zero-order chi connectivity index (χ0) is 43.6. The summed E-state index contributed by atoms with van der Waals surface area (Å²) in [6.45, 7) is 4.74. The largest absolute Gasteiger partial charge is 0.508 e. The molecule has 0 saturated carbocycles. The lowest BCUT2D eigenvalue weighted by molar-refractivity contribution is -1.04. The fourth-order valence-electron chi connectivity index (χ4n) is 7.84. The van der Waals surface area contributed by atoms with Crippen LogP contribution in [-0.4, -0.2) is 112 Å². The number of hydrogen-bond acceptors (Lipinski definition) is 15. The van der Waals surface area contributed by atoms with Crippen molar-refractivity contribution in [3.05, 3.63) is 111 Å². The van der Waals surface area contributed by atoms with Crippen molar-refractivity contribution in [1.29, 1.82) is 0 Å². The smallest absolute Gasteiger partial charge is 0.334 e. The molecular weight excluding hydrogens is 794 g/mol. The molecular formula is C44H46N3O14+. The fraction of sp³-hybridized carbons (Fsp3) is 0.341. The van der Waals surface area contributed by atoms with Crippen LogP contribution in [0.15, 0.2) is 98.5 Å². The first-order valence-electron chi connectivity index (χ1n) is 19.6. The molecule has 0 radical (unpaired) electrons. The van der Waals surface area contributed by atoms with Crippen LogP contribution >= 0.6 is 0 Å². The Bertz CT molecular complexity index is 2460. The molecule has 17 nitrogen and oxygen atoms in total. The Morgan fingerprint density at radius 1 is 1.08 bits per heavy atom. The number of benzene rings is 3. The number of aliphatic hydroxyl groups excluding tert-OH is 2. The lowest BCUT2D eigenvalue weighted by Gasteiger charge is -2.50. The quantitative estimate of drug-likeness (QED) is 0.0366. The van der Waals surface area contributed by atoms with E-state index in [0.29, 0.717) is 28.3 Å². The number of phenolic OH excluding ortho intramolecular Hbond substituents is 1. The van der Waals surface area contributed by atoms with Crippen molar-refractivity contribution in [1.82, 2.24) is 5.32 Å². The van der Waals surface area contributed by atoms with Gasteiger partial charge in [0.05, 0.1) is 17.1 Å². The predicted molar refractivity (Wildman–Crippen MR) is 217 cm³/mol. The average molecular weight is 841 g/mol. The van der Waals surface area contributed by atoms with Gasteiger partial charge in [-0.2, -0.15) is 9.90 Å². The number of aromatic hydroxyl groups is 1. The lowest BCUT2D eigenvalue weighted by atomic mass is 9.78. The topological polar surface area (TPSA) is 248 Å². The van der Waals surface area contributed by atoms with Crippen LogP contribution in [0.5, 0.6) is 11.5 Å². The summed E-state index contributed by atoms with van der Waals surface area (Å²) in [6.07, 6.45) is -3.58. The SMILES string of the molecule is CCC(O)C1(O)C(O)C(COC(=O)C(NCCC=O)C(=O)O)OC(Oc2ccc3c(=O)c(-c4ccc(O)cc4)coc3c2)C1O[NH+]1CC2=CC=NC2=C1c1cc(C)cc(C)c1. The highest BCUT2D eigenvalue weighted by molar-refractivity contribution is 5.98. The van der Waals surface area contributed by atoms with Gasteiger partial charge < -0.3 is 49.0 Å². The van der Waals surface area contributed by atoms with Gasteiger partial charge in [0.25, 0.3) is 0 Å². The minimum atomic E-state index is -2.59. The van der Waals surface area contributed by atoms with E-state index in [1.165, 1.54) is 36.6 Å². The molecule has 4 aromatic rings. The number of carbonyl (C=O) groups is 3. The van der Waals surface area contributed by atoms with Gasteiger partial charge in [-0.1, -0.05) is 36.2 Å². The van der Waals surface area contributed by atoms with Gasteiger partial charge in [-0.15, -0.1) is 0 Å². The number of allylic oxidation sites excluding steroid dienone is 1. The van der Waals surface area contributed by atoms with Crippen molar-refractivity contribution >= 4 is 41.1 Å². The van der Waals surface area contributed by atoms with E-state index in [1.807, 2.05) is 38.1 Å². The van der Waals surface area contributed by atoms with Gasteiger partial charge in [0.2, 0.25) is 18.4 Å². The molecule has 17 heteroatoms. The van der Waals surface area contributed by atoms with Crippen molar-refractivity contribution in [3.8, 4) is 22.6 Å². The number of fused-ring (bicyclic) bond motifs is 2. The molecule has 3 aliphatic heterocycles. The number of aldehydes is 1. The zero-order valence-electron chi connectivity index (χ0n) is 33.4. The maximum atomic E-state index is 13.6. The first kappa shape index (κ1) is 43.1. The van der Waals surface area contributed by atoms with Gasteiger partial charge >= 0.3 is 11.9 Å². The predicted octanol–water partition coefficient (Wildman–Crippen LogP) is 1.50. The number of ether oxygens (including phenoxy) is 3. The second-order valence-corrected chi connectivity index (χ2v) is 15.1. The van der Waals surface area contributed by atoms with E-state index >= 15 is 0 Å². The number of aliphatic imine (C=N–C) groups is 1. The molecule has 7 rings (SSSR count). The van der Waals surface area contributed by atoms with Crippen molar-refractivity contribution < 1.29 is 68.4 Å². The molecule has 320 valence electrons. The van der Waals surface area contributed by atoms with Crippen LogP contribution < -0.4 is 20.5 Å². The van der Waals surface area contributed by atoms with Crippen molar-refractivity contribution in [3.63, 3.8) is 0 Å². The number of hydrogen-bond donors (Lipinski definition) is 7. The maximum Gasteiger partial charge on any atom is 0.334 e. The van der Waals surface area contributed by atoms with E-state index in [0.717, 1.165) is 22.3 Å². The number of quaternary nitrogens is 1. The second-order valence-electron chi connectivity index (χ2n) is 15.1. The number of carboxylic acid groups (broad SMARTS) is 1. The molecule has 0 spiro atoms. The van der Waals surface area contributed by atoms with Gasteiger partial charge in [-0.25, -0.2) is 14.6 Å². The van der Waals surface area contributed by atoms with Gasteiger partial charge in [-0.3, -0.25) is 10.1 Å².